The van der Waals surface area contributed by atoms with Crippen LogP contribution in [0.1, 0.15) is 40.0 Å². The maximum atomic E-state index is 2.54. The van der Waals surface area contributed by atoms with Gasteiger partial charge >= 0.3 is 0 Å². The fourth-order valence-corrected chi connectivity index (χ4v) is 4.72. The van der Waals surface area contributed by atoms with Crippen molar-refractivity contribution >= 4 is 7.26 Å². The molecule has 0 saturated heterocycles. The second kappa shape index (κ2) is 4.71. The minimum absolute atomic E-state index is 0. The standard InChI is InChI=1S/C12H26P.ClH/c1-10(2)9-11-7-8-12(11,3)13(4,5)6;/h10-11H,7-9H2,1-6H3;1H/q+1;/p-1. The van der Waals surface area contributed by atoms with Gasteiger partial charge in [-0.25, -0.2) is 0 Å². The van der Waals surface area contributed by atoms with E-state index in [0.717, 1.165) is 17.0 Å². The van der Waals surface area contributed by atoms with Crippen LogP contribution in [0.4, 0.5) is 0 Å². The first-order valence-corrected chi connectivity index (χ1v) is 8.72. The van der Waals surface area contributed by atoms with E-state index in [9.17, 15) is 0 Å². The molecule has 86 valence electrons. The molecule has 0 bridgehead atoms. The van der Waals surface area contributed by atoms with Gasteiger partial charge in [-0.2, -0.15) is 0 Å². The van der Waals surface area contributed by atoms with Crippen molar-refractivity contribution in [2.75, 3.05) is 20.0 Å². The quantitative estimate of drug-likeness (QED) is 0.645. The molecule has 2 atom stereocenters. The maximum absolute atomic E-state index is 2.54. The lowest BCUT2D eigenvalue weighted by Gasteiger charge is -2.51. The Labute approximate surface area is 97.0 Å². The average Bonchev–Trinajstić information content (AvgIpc) is 1.94. The SMILES string of the molecule is CC(C)CC1CCC1(C)[P+](C)(C)C.[Cl-]. The number of hydrogen-bond acceptors (Lipinski definition) is 0. The minimum Gasteiger partial charge on any atom is -1.00 e. The van der Waals surface area contributed by atoms with Gasteiger partial charge < -0.3 is 12.4 Å². The lowest BCUT2D eigenvalue weighted by Crippen LogP contribution is -3.00. The Morgan fingerprint density at radius 3 is 2.00 bits per heavy atom. The molecule has 0 amide bonds. The smallest absolute Gasteiger partial charge is 0.0791 e. The van der Waals surface area contributed by atoms with Crippen LogP contribution in [0.15, 0.2) is 0 Å². The zero-order valence-corrected chi connectivity index (χ0v) is 12.3. The summed E-state index contributed by atoms with van der Waals surface area (Å²) in [6.07, 6.45) is 4.43. The molecule has 1 aliphatic rings. The van der Waals surface area contributed by atoms with Gasteiger partial charge in [0.25, 0.3) is 0 Å². The molecule has 0 radical (unpaired) electrons. The number of rotatable bonds is 3. The van der Waals surface area contributed by atoms with E-state index in [-0.39, 0.29) is 12.4 Å². The third kappa shape index (κ3) is 2.64. The van der Waals surface area contributed by atoms with Crippen molar-refractivity contribution in [1.82, 2.24) is 0 Å². The van der Waals surface area contributed by atoms with Gasteiger partial charge in [0.15, 0.2) is 0 Å². The molecule has 0 spiro atoms. The van der Waals surface area contributed by atoms with Crippen LogP contribution in [-0.4, -0.2) is 25.2 Å². The lowest BCUT2D eigenvalue weighted by molar-refractivity contribution is -0.00000335. The van der Waals surface area contributed by atoms with Gasteiger partial charge in [-0.05, 0) is 38.0 Å². The van der Waals surface area contributed by atoms with E-state index in [2.05, 4.69) is 40.8 Å². The molecule has 0 N–H and O–H groups in total. The summed E-state index contributed by atoms with van der Waals surface area (Å²) in [7, 11) is -0.644. The topological polar surface area (TPSA) is 0 Å². The first kappa shape index (κ1) is 14.7. The molecule has 14 heavy (non-hydrogen) atoms. The van der Waals surface area contributed by atoms with Crippen molar-refractivity contribution < 1.29 is 12.4 Å². The minimum atomic E-state index is -0.644. The van der Waals surface area contributed by atoms with E-state index in [1.54, 1.807) is 0 Å². The van der Waals surface area contributed by atoms with Crippen LogP contribution in [0.25, 0.3) is 0 Å². The van der Waals surface area contributed by atoms with Gasteiger partial charge in [0, 0.05) is 27.3 Å². The van der Waals surface area contributed by atoms with Crippen LogP contribution < -0.4 is 12.4 Å². The van der Waals surface area contributed by atoms with Gasteiger partial charge in [-0.1, -0.05) is 13.8 Å². The zero-order valence-electron chi connectivity index (χ0n) is 10.6. The van der Waals surface area contributed by atoms with Gasteiger partial charge in [-0.3, -0.25) is 0 Å². The Balaban J connectivity index is 0.00000169. The second-order valence-electron chi connectivity index (χ2n) is 6.23. The molecule has 0 aliphatic heterocycles. The Morgan fingerprint density at radius 1 is 1.29 bits per heavy atom. The van der Waals surface area contributed by atoms with E-state index in [0.29, 0.717) is 0 Å². The van der Waals surface area contributed by atoms with Crippen LogP contribution in [0.3, 0.4) is 0 Å². The first-order valence-electron chi connectivity index (χ1n) is 5.59. The highest BCUT2D eigenvalue weighted by Gasteiger charge is 2.55. The zero-order chi connectivity index (χ0) is 10.3. The molecule has 1 rings (SSSR count). The Kier molecular flexibility index (Phi) is 4.95. The third-order valence-corrected chi connectivity index (χ3v) is 7.82. The fraction of sp³-hybridized carbons (Fsp3) is 1.00. The molecular weight excluding hydrogens is 211 g/mol. The lowest BCUT2D eigenvalue weighted by atomic mass is 9.70. The van der Waals surface area contributed by atoms with E-state index in [1.807, 2.05) is 0 Å². The summed E-state index contributed by atoms with van der Waals surface area (Å²) in [5.74, 6) is 1.91. The second-order valence-corrected chi connectivity index (χ2v) is 11.3. The average molecular weight is 237 g/mol. The summed E-state index contributed by atoms with van der Waals surface area (Å²) >= 11 is 0. The van der Waals surface area contributed by atoms with Crippen LogP contribution in [0.2, 0.25) is 0 Å². The Bertz CT molecular complexity index is 183. The molecule has 2 heteroatoms. The Morgan fingerprint density at radius 2 is 1.79 bits per heavy atom. The molecule has 0 aromatic rings. The van der Waals surface area contributed by atoms with Crippen LogP contribution in [-0.2, 0) is 0 Å². The van der Waals surface area contributed by atoms with Gasteiger partial charge in [0.2, 0.25) is 0 Å². The highest BCUT2D eigenvalue weighted by molar-refractivity contribution is 7.75. The number of hydrogen-bond donors (Lipinski definition) is 0. The van der Waals surface area contributed by atoms with Crippen molar-refractivity contribution in [3.05, 3.63) is 0 Å². The fourth-order valence-electron chi connectivity index (χ4n) is 2.59. The monoisotopic (exact) mass is 236 g/mol. The van der Waals surface area contributed by atoms with Gasteiger partial charge in [0.05, 0.1) is 5.16 Å². The molecule has 1 fully saturated rings. The molecule has 2 unspecified atom stereocenters. The van der Waals surface area contributed by atoms with Crippen LogP contribution in [0.5, 0.6) is 0 Å². The largest absolute Gasteiger partial charge is 1.00 e. The Hall–Kier alpha value is 0.720. The van der Waals surface area contributed by atoms with E-state index < -0.39 is 7.26 Å². The van der Waals surface area contributed by atoms with Gasteiger partial charge in [-0.15, -0.1) is 0 Å². The summed E-state index contributed by atoms with van der Waals surface area (Å²) in [5.41, 5.74) is 0. The van der Waals surface area contributed by atoms with Crippen molar-refractivity contribution in [1.29, 1.82) is 0 Å². The van der Waals surface area contributed by atoms with Crippen molar-refractivity contribution in [3.63, 3.8) is 0 Å². The summed E-state index contributed by atoms with van der Waals surface area (Å²) in [6, 6.07) is 0. The van der Waals surface area contributed by atoms with Crippen molar-refractivity contribution in [3.8, 4) is 0 Å². The highest BCUT2D eigenvalue weighted by atomic mass is 35.5. The summed E-state index contributed by atoms with van der Waals surface area (Å²) in [5, 5.41) is 0.720. The van der Waals surface area contributed by atoms with E-state index in [4.69, 9.17) is 0 Å². The predicted octanol–water partition coefficient (Wildman–Crippen LogP) is 1.11. The van der Waals surface area contributed by atoms with Crippen LogP contribution in [0, 0.1) is 11.8 Å². The normalized spacial score (nSPS) is 32.4. The highest BCUT2D eigenvalue weighted by Crippen LogP contribution is 2.70. The third-order valence-electron chi connectivity index (χ3n) is 4.17. The summed E-state index contributed by atoms with van der Waals surface area (Å²) in [6.45, 7) is 14.8. The molecular formula is C12H26ClP. The number of halogens is 1. The molecule has 0 heterocycles. The van der Waals surface area contributed by atoms with E-state index in [1.165, 1.54) is 19.3 Å². The first-order chi connectivity index (χ1) is 5.77. The molecule has 0 nitrogen and oxygen atoms in total. The van der Waals surface area contributed by atoms with Crippen molar-refractivity contribution in [2.45, 2.75) is 45.2 Å². The molecule has 1 saturated carbocycles. The van der Waals surface area contributed by atoms with E-state index >= 15 is 0 Å². The van der Waals surface area contributed by atoms with Crippen molar-refractivity contribution in [2.24, 2.45) is 11.8 Å². The maximum Gasteiger partial charge on any atom is 0.0791 e. The molecule has 1 aliphatic carbocycles. The predicted molar refractivity (Wildman–Crippen MR) is 65.3 cm³/mol. The summed E-state index contributed by atoms with van der Waals surface area (Å²) < 4.78 is 0. The van der Waals surface area contributed by atoms with Gasteiger partial charge in [0.1, 0.15) is 0 Å². The van der Waals surface area contributed by atoms with Crippen LogP contribution >= 0.6 is 7.26 Å². The molecule has 0 aromatic carbocycles. The summed E-state index contributed by atoms with van der Waals surface area (Å²) in [4.78, 5) is 0. The molecule has 0 aromatic heterocycles.